The van der Waals surface area contributed by atoms with Crippen LogP contribution < -0.4 is 5.32 Å². The molecule has 5 rings (SSSR count). The van der Waals surface area contributed by atoms with E-state index in [-0.39, 0.29) is 5.91 Å². The Bertz CT molecular complexity index is 915. The zero-order chi connectivity index (χ0) is 18.4. The van der Waals surface area contributed by atoms with Crippen LogP contribution in [0.2, 0.25) is 0 Å². The number of nitrogens with one attached hydrogen (secondary N) is 1. The zero-order valence-corrected chi connectivity index (χ0v) is 16.1. The van der Waals surface area contributed by atoms with Gasteiger partial charge in [0.15, 0.2) is 0 Å². The molecule has 1 saturated carbocycles. The second-order valence-electron chi connectivity index (χ2n) is 8.63. The van der Waals surface area contributed by atoms with Crippen molar-refractivity contribution >= 4 is 22.3 Å². The molecule has 2 fully saturated rings. The average Bonchev–Trinajstić information content (AvgIpc) is 3.38. The van der Waals surface area contributed by atoms with E-state index in [0.29, 0.717) is 6.04 Å². The fraction of sp³-hybridized carbons (Fsp3) is 0.458. The minimum Gasteiger partial charge on any atom is -0.352 e. The summed E-state index contributed by atoms with van der Waals surface area (Å²) in [7, 11) is 0. The molecule has 1 amide bonds. The molecule has 3 nitrogen and oxygen atoms in total. The van der Waals surface area contributed by atoms with E-state index >= 15 is 0 Å². The minimum absolute atomic E-state index is 0.0952. The number of benzene rings is 2. The third-order valence-corrected chi connectivity index (χ3v) is 6.81. The van der Waals surface area contributed by atoms with E-state index in [4.69, 9.17) is 0 Å². The van der Waals surface area contributed by atoms with Crippen LogP contribution in [-0.2, 0) is 4.79 Å². The first-order chi connectivity index (χ1) is 13.2. The third-order valence-electron chi connectivity index (χ3n) is 6.81. The molecule has 0 aromatic heterocycles. The Morgan fingerprint density at radius 1 is 1.07 bits per heavy atom. The van der Waals surface area contributed by atoms with Crippen LogP contribution in [0.3, 0.4) is 0 Å². The van der Waals surface area contributed by atoms with Crippen LogP contribution in [0.15, 0.2) is 48.0 Å². The van der Waals surface area contributed by atoms with Crippen molar-refractivity contribution in [3.8, 4) is 0 Å². The SMILES string of the molecule is CC(=O)NC1CCN(CC2=C(c3ccc4ccccc4c3)C3CCC2C3)C1. The molecule has 2 bridgehead atoms. The van der Waals surface area contributed by atoms with E-state index in [1.807, 2.05) is 0 Å². The molecular formula is C24H28N2O. The van der Waals surface area contributed by atoms with Gasteiger partial charge in [-0.15, -0.1) is 0 Å². The number of hydrogen-bond donors (Lipinski definition) is 1. The van der Waals surface area contributed by atoms with E-state index in [1.165, 1.54) is 35.6 Å². The van der Waals surface area contributed by atoms with E-state index < -0.39 is 0 Å². The number of carbonyl (C=O) groups excluding carboxylic acids is 1. The van der Waals surface area contributed by atoms with E-state index in [1.54, 1.807) is 18.1 Å². The summed E-state index contributed by atoms with van der Waals surface area (Å²) in [5, 5.41) is 5.76. The molecule has 27 heavy (non-hydrogen) atoms. The number of hydrogen-bond acceptors (Lipinski definition) is 2. The maximum absolute atomic E-state index is 11.4. The molecule has 1 heterocycles. The van der Waals surface area contributed by atoms with Gasteiger partial charge in [0, 0.05) is 32.6 Å². The lowest BCUT2D eigenvalue weighted by atomic mass is 9.86. The van der Waals surface area contributed by atoms with E-state index in [9.17, 15) is 4.79 Å². The first-order valence-electron chi connectivity index (χ1n) is 10.4. The van der Waals surface area contributed by atoms with Crippen LogP contribution in [-0.4, -0.2) is 36.5 Å². The van der Waals surface area contributed by atoms with Gasteiger partial charge in [-0.05, 0) is 71.1 Å². The Hall–Kier alpha value is -2.13. The van der Waals surface area contributed by atoms with Crippen LogP contribution in [0.1, 0.15) is 38.2 Å². The van der Waals surface area contributed by atoms with Crippen LogP contribution in [0.25, 0.3) is 16.3 Å². The third kappa shape index (κ3) is 3.19. The molecule has 2 aromatic rings. The highest BCUT2D eigenvalue weighted by molar-refractivity contribution is 5.87. The summed E-state index contributed by atoms with van der Waals surface area (Å²) in [6.07, 6.45) is 5.14. The summed E-state index contributed by atoms with van der Waals surface area (Å²) in [5.74, 6) is 1.62. The molecule has 140 valence electrons. The van der Waals surface area contributed by atoms with E-state index in [2.05, 4.69) is 52.7 Å². The molecule has 0 spiro atoms. The molecule has 3 unspecified atom stereocenters. The predicted molar refractivity (Wildman–Crippen MR) is 110 cm³/mol. The molecule has 0 radical (unpaired) electrons. The monoisotopic (exact) mass is 360 g/mol. The number of carbonyl (C=O) groups is 1. The molecule has 2 aromatic carbocycles. The zero-order valence-electron chi connectivity index (χ0n) is 16.1. The highest BCUT2D eigenvalue weighted by Crippen LogP contribution is 2.52. The van der Waals surface area contributed by atoms with Crippen molar-refractivity contribution in [2.45, 2.75) is 38.6 Å². The van der Waals surface area contributed by atoms with Gasteiger partial charge in [-0.3, -0.25) is 9.69 Å². The van der Waals surface area contributed by atoms with Gasteiger partial charge in [-0.25, -0.2) is 0 Å². The topological polar surface area (TPSA) is 32.3 Å². The first-order valence-corrected chi connectivity index (χ1v) is 10.4. The minimum atomic E-state index is 0.0952. The normalized spacial score (nSPS) is 27.7. The Labute approximate surface area is 161 Å². The number of likely N-dealkylation sites (tertiary alicyclic amines) is 1. The Morgan fingerprint density at radius 3 is 2.74 bits per heavy atom. The van der Waals surface area contributed by atoms with Gasteiger partial charge in [0.25, 0.3) is 0 Å². The summed E-state index contributed by atoms with van der Waals surface area (Å²) in [5.41, 5.74) is 4.76. The second kappa shape index (κ2) is 6.79. The number of rotatable bonds is 4. The Morgan fingerprint density at radius 2 is 1.89 bits per heavy atom. The number of allylic oxidation sites excluding steroid dienone is 1. The highest BCUT2D eigenvalue weighted by Gasteiger charge is 2.40. The molecule has 3 atom stereocenters. The van der Waals surface area contributed by atoms with Gasteiger partial charge in [0.2, 0.25) is 5.91 Å². The van der Waals surface area contributed by atoms with Gasteiger partial charge >= 0.3 is 0 Å². The summed E-state index contributed by atoms with van der Waals surface area (Å²) in [6, 6.07) is 16.0. The number of nitrogens with zero attached hydrogens (tertiary/aromatic N) is 1. The van der Waals surface area contributed by atoms with Gasteiger partial charge in [-0.1, -0.05) is 36.4 Å². The lowest BCUT2D eigenvalue weighted by molar-refractivity contribution is -0.119. The van der Waals surface area contributed by atoms with Crippen molar-refractivity contribution in [2.75, 3.05) is 19.6 Å². The molecule has 1 N–H and O–H groups in total. The lowest BCUT2D eigenvalue weighted by Crippen LogP contribution is -2.36. The van der Waals surface area contributed by atoms with Crippen LogP contribution in [0.4, 0.5) is 0 Å². The predicted octanol–water partition coefficient (Wildman–Crippen LogP) is 4.23. The summed E-state index contributed by atoms with van der Waals surface area (Å²) in [4.78, 5) is 13.9. The lowest BCUT2D eigenvalue weighted by Gasteiger charge is -2.25. The first kappa shape index (κ1) is 17.0. The molecule has 3 aliphatic rings. The highest BCUT2D eigenvalue weighted by atomic mass is 16.1. The molecular weight excluding hydrogens is 332 g/mol. The fourth-order valence-corrected chi connectivity index (χ4v) is 5.66. The quantitative estimate of drug-likeness (QED) is 0.885. The van der Waals surface area contributed by atoms with Crippen molar-refractivity contribution in [1.82, 2.24) is 10.2 Å². The van der Waals surface area contributed by atoms with Crippen LogP contribution in [0.5, 0.6) is 0 Å². The van der Waals surface area contributed by atoms with Crippen LogP contribution in [0, 0.1) is 11.8 Å². The number of fused-ring (bicyclic) bond motifs is 3. The van der Waals surface area contributed by atoms with Crippen molar-refractivity contribution in [3.05, 3.63) is 53.6 Å². The van der Waals surface area contributed by atoms with Crippen molar-refractivity contribution in [2.24, 2.45) is 11.8 Å². The molecule has 3 heteroatoms. The van der Waals surface area contributed by atoms with Crippen molar-refractivity contribution < 1.29 is 4.79 Å². The van der Waals surface area contributed by atoms with E-state index in [0.717, 1.165) is 37.9 Å². The summed E-state index contributed by atoms with van der Waals surface area (Å²) in [6.45, 7) is 4.79. The van der Waals surface area contributed by atoms with Crippen molar-refractivity contribution in [1.29, 1.82) is 0 Å². The van der Waals surface area contributed by atoms with Gasteiger partial charge in [0.05, 0.1) is 0 Å². The molecule has 2 aliphatic carbocycles. The molecule has 1 saturated heterocycles. The number of amides is 1. The summed E-state index contributed by atoms with van der Waals surface area (Å²) < 4.78 is 0. The Kier molecular flexibility index (Phi) is 4.28. The van der Waals surface area contributed by atoms with Crippen molar-refractivity contribution in [3.63, 3.8) is 0 Å². The second-order valence-corrected chi connectivity index (χ2v) is 8.63. The van der Waals surface area contributed by atoms with Gasteiger partial charge in [0.1, 0.15) is 0 Å². The van der Waals surface area contributed by atoms with Gasteiger partial charge in [-0.2, -0.15) is 0 Å². The largest absolute Gasteiger partial charge is 0.352 e. The smallest absolute Gasteiger partial charge is 0.217 e. The van der Waals surface area contributed by atoms with Gasteiger partial charge < -0.3 is 5.32 Å². The maximum Gasteiger partial charge on any atom is 0.217 e. The fourth-order valence-electron chi connectivity index (χ4n) is 5.66. The van der Waals surface area contributed by atoms with Crippen LogP contribution >= 0.6 is 0 Å². The standard InChI is InChI=1S/C24H28N2O/c1-16(27)25-22-10-11-26(14-22)15-23-19-7-9-21(13-19)24(23)20-8-6-17-4-2-3-5-18(17)12-20/h2-6,8,12,19,21-22H,7,9-11,13-15H2,1H3,(H,25,27). The Balaban J connectivity index is 1.43. The summed E-state index contributed by atoms with van der Waals surface area (Å²) >= 11 is 0. The maximum atomic E-state index is 11.4. The average molecular weight is 361 g/mol. The molecule has 1 aliphatic heterocycles.